The number of nitrogens with one attached hydrogen (secondary N) is 1. The summed E-state index contributed by atoms with van der Waals surface area (Å²) in [6.07, 6.45) is 17.0. The molecule has 1 saturated heterocycles. The van der Waals surface area contributed by atoms with Crippen LogP contribution in [0.25, 0.3) is 6.08 Å². The number of hydrogen-bond donors (Lipinski definition) is 1. The monoisotopic (exact) mass is 577 g/mol. The minimum Gasteiger partial charge on any atom is -0.489 e. The summed E-state index contributed by atoms with van der Waals surface area (Å²) in [6, 6.07) is 7.57. The maximum Gasteiger partial charge on any atom is 0.290 e. The van der Waals surface area contributed by atoms with Crippen LogP contribution in [-0.2, 0) is 17.6 Å². The molecule has 0 spiro atoms. The van der Waals surface area contributed by atoms with Gasteiger partial charge in [-0.25, -0.2) is 0 Å². The molecule has 0 bridgehead atoms. The summed E-state index contributed by atoms with van der Waals surface area (Å²) in [4.78, 5) is 23.6. The highest BCUT2D eigenvalue weighted by Crippen LogP contribution is 2.41. The predicted molar refractivity (Wildman–Crippen MR) is 170 cm³/mol. The molecule has 4 rings (SSSR count). The van der Waals surface area contributed by atoms with Crippen molar-refractivity contribution in [1.29, 1.82) is 0 Å². The van der Waals surface area contributed by atoms with E-state index in [4.69, 9.17) is 9.47 Å². The van der Waals surface area contributed by atoms with Gasteiger partial charge in [0, 0.05) is 0 Å². The number of amides is 2. The first-order valence-corrected chi connectivity index (χ1v) is 16.3. The van der Waals surface area contributed by atoms with Gasteiger partial charge in [-0.05, 0) is 117 Å². The Bertz CT molecular complexity index is 1270. The molecule has 1 N–H and O–H groups in total. The van der Waals surface area contributed by atoms with Crippen molar-refractivity contribution in [1.82, 2.24) is 5.32 Å². The number of hydrogen-bond acceptors (Lipinski definition) is 5. The number of fused-ring (bicyclic) bond motifs is 1. The van der Waals surface area contributed by atoms with E-state index in [0.717, 1.165) is 48.1 Å². The van der Waals surface area contributed by atoms with E-state index in [1.54, 1.807) is 6.08 Å². The lowest BCUT2D eigenvalue weighted by molar-refractivity contribution is -0.115. The van der Waals surface area contributed by atoms with Crippen LogP contribution in [0.1, 0.15) is 111 Å². The summed E-state index contributed by atoms with van der Waals surface area (Å²) >= 11 is 0.922. The van der Waals surface area contributed by atoms with Gasteiger partial charge in [0.05, 0.1) is 4.91 Å². The molecule has 1 fully saturated rings. The number of carbonyl (C=O) groups excluding carboxylic acids is 2. The molecule has 1 unspecified atom stereocenters. The summed E-state index contributed by atoms with van der Waals surface area (Å²) in [5.41, 5.74) is 7.42. The lowest BCUT2D eigenvalue weighted by Crippen LogP contribution is -2.42. The van der Waals surface area contributed by atoms with Gasteiger partial charge in [0.1, 0.15) is 23.7 Å². The zero-order chi connectivity index (χ0) is 29.4. The number of imide groups is 1. The molecule has 0 radical (unpaired) electrons. The van der Waals surface area contributed by atoms with E-state index in [2.05, 4.69) is 39.9 Å². The third kappa shape index (κ3) is 8.18. The van der Waals surface area contributed by atoms with Crippen LogP contribution >= 0.6 is 11.8 Å². The van der Waals surface area contributed by atoms with Crippen LogP contribution in [-0.4, -0.2) is 23.4 Å². The summed E-state index contributed by atoms with van der Waals surface area (Å²) in [7, 11) is 0. The Morgan fingerprint density at radius 3 is 2.22 bits per heavy atom. The second-order valence-corrected chi connectivity index (χ2v) is 13.0. The van der Waals surface area contributed by atoms with Crippen molar-refractivity contribution in [3.05, 3.63) is 62.6 Å². The number of unbranched alkanes of at least 4 members (excludes halogenated alkanes) is 8. The molecule has 2 aromatic carbocycles. The highest BCUT2D eigenvalue weighted by atomic mass is 32.2. The molecular weight excluding hydrogens is 530 g/mol. The van der Waals surface area contributed by atoms with Crippen molar-refractivity contribution < 1.29 is 19.1 Å². The fraction of sp³-hybridized carbons (Fsp3) is 0.543. The molecule has 6 heteroatoms. The van der Waals surface area contributed by atoms with E-state index in [-0.39, 0.29) is 11.1 Å². The van der Waals surface area contributed by atoms with Crippen LogP contribution in [0.15, 0.2) is 29.2 Å². The summed E-state index contributed by atoms with van der Waals surface area (Å²) < 4.78 is 12.9. The number of carbonyl (C=O) groups is 2. The van der Waals surface area contributed by atoms with E-state index in [0.29, 0.717) is 11.5 Å². The first-order valence-electron chi connectivity index (χ1n) is 15.5. The maximum atomic E-state index is 11.8. The van der Waals surface area contributed by atoms with Gasteiger partial charge in [-0.1, -0.05) is 70.4 Å². The first-order chi connectivity index (χ1) is 19.7. The fourth-order valence-electron chi connectivity index (χ4n) is 5.94. The second kappa shape index (κ2) is 14.4. The Morgan fingerprint density at radius 1 is 0.927 bits per heavy atom. The molecule has 41 heavy (non-hydrogen) atoms. The molecule has 0 aromatic heterocycles. The molecule has 5 nitrogen and oxygen atoms in total. The summed E-state index contributed by atoms with van der Waals surface area (Å²) in [6.45, 7) is 11.6. The van der Waals surface area contributed by atoms with Gasteiger partial charge in [-0.2, -0.15) is 0 Å². The van der Waals surface area contributed by atoms with Gasteiger partial charge in [0.25, 0.3) is 11.1 Å². The van der Waals surface area contributed by atoms with Crippen molar-refractivity contribution in [3.8, 4) is 11.5 Å². The number of ether oxygens (including phenoxy) is 2. The Balaban J connectivity index is 1.31. The lowest BCUT2D eigenvalue weighted by Gasteiger charge is -2.38. The Morgan fingerprint density at radius 2 is 1.59 bits per heavy atom. The fourth-order valence-corrected chi connectivity index (χ4v) is 6.62. The van der Waals surface area contributed by atoms with Gasteiger partial charge in [0.15, 0.2) is 0 Å². The summed E-state index contributed by atoms with van der Waals surface area (Å²) in [5, 5.41) is 1.95. The smallest absolute Gasteiger partial charge is 0.290 e. The highest BCUT2D eigenvalue weighted by molar-refractivity contribution is 8.18. The topological polar surface area (TPSA) is 64.6 Å². The quantitative estimate of drug-likeness (QED) is 0.179. The SMILES string of the molecule is CCCCCCCCCCCc1c(C)c(C)c2c(c1C)CCC(C)(COc1ccc(/C=C3\SC(=O)NC3=O)cc1)O2. The first kappa shape index (κ1) is 31.2. The van der Waals surface area contributed by atoms with Crippen molar-refractivity contribution in [2.45, 2.75) is 117 Å². The average Bonchev–Trinajstić information content (AvgIpc) is 3.28. The van der Waals surface area contributed by atoms with Crippen LogP contribution in [0.3, 0.4) is 0 Å². The van der Waals surface area contributed by atoms with Gasteiger partial charge in [-0.15, -0.1) is 0 Å². The Kier molecular flexibility index (Phi) is 11.0. The minimum absolute atomic E-state index is 0.334. The van der Waals surface area contributed by atoms with Gasteiger partial charge in [0.2, 0.25) is 0 Å². The molecular formula is C35H47NO4S. The Hall–Kier alpha value is -2.73. The van der Waals surface area contributed by atoms with E-state index in [1.165, 1.54) is 85.6 Å². The zero-order valence-electron chi connectivity index (χ0n) is 25.6. The van der Waals surface area contributed by atoms with Crippen LogP contribution in [0.2, 0.25) is 0 Å². The number of benzene rings is 2. The normalized spacial score (nSPS) is 19.3. The molecule has 2 amide bonds. The zero-order valence-corrected chi connectivity index (χ0v) is 26.4. The summed E-state index contributed by atoms with van der Waals surface area (Å²) in [5.74, 6) is 1.46. The van der Waals surface area contributed by atoms with Crippen molar-refractivity contribution in [3.63, 3.8) is 0 Å². The van der Waals surface area contributed by atoms with Crippen LogP contribution < -0.4 is 14.8 Å². The molecule has 2 aliphatic rings. The second-order valence-electron chi connectivity index (χ2n) is 12.0. The third-order valence-corrected chi connectivity index (χ3v) is 9.49. The van der Waals surface area contributed by atoms with Gasteiger partial charge in [-0.3, -0.25) is 14.9 Å². The van der Waals surface area contributed by atoms with Crippen LogP contribution in [0.4, 0.5) is 4.79 Å². The maximum absolute atomic E-state index is 11.8. The standard InChI is InChI=1S/C35H47NO4S/c1-6-7-8-9-10-11-12-13-14-15-29-24(2)25(3)32-30(26(29)4)20-21-35(5,40-32)23-39-28-18-16-27(17-19-28)22-31-33(37)36-34(38)41-31/h16-19,22H,6-15,20-21,23H2,1-5H3,(H,36,37,38)/b31-22-. The highest BCUT2D eigenvalue weighted by Gasteiger charge is 2.35. The third-order valence-electron chi connectivity index (χ3n) is 8.68. The van der Waals surface area contributed by atoms with Crippen molar-refractivity contribution in [2.24, 2.45) is 0 Å². The molecule has 0 aliphatic carbocycles. The van der Waals surface area contributed by atoms with Gasteiger partial charge < -0.3 is 9.47 Å². The van der Waals surface area contributed by atoms with E-state index < -0.39 is 5.60 Å². The van der Waals surface area contributed by atoms with Crippen molar-refractivity contribution in [2.75, 3.05) is 6.61 Å². The predicted octanol–water partition coefficient (Wildman–Crippen LogP) is 9.17. The minimum atomic E-state index is -0.408. The average molecular weight is 578 g/mol. The molecule has 222 valence electrons. The van der Waals surface area contributed by atoms with Gasteiger partial charge >= 0.3 is 0 Å². The number of thioether (sulfide) groups is 1. The van der Waals surface area contributed by atoms with Crippen LogP contribution in [0.5, 0.6) is 11.5 Å². The molecule has 2 aromatic rings. The van der Waals surface area contributed by atoms with Crippen LogP contribution in [0, 0.1) is 20.8 Å². The molecule has 2 aliphatic heterocycles. The number of rotatable bonds is 14. The molecule has 0 saturated carbocycles. The van der Waals surface area contributed by atoms with E-state index >= 15 is 0 Å². The van der Waals surface area contributed by atoms with E-state index in [9.17, 15) is 9.59 Å². The van der Waals surface area contributed by atoms with Crippen molar-refractivity contribution >= 4 is 29.0 Å². The molecule has 2 heterocycles. The largest absolute Gasteiger partial charge is 0.489 e. The lowest BCUT2D eigenvalue weighted by atomic mass is 9.84. The van der Waals surface area contributed by atoms with E-state index in [1.807, 2.05) is 24.3 Å². The molecule has 1 atom stereocenters. The Labute approximate surface area is 250 Å².